The van der Waals surface area contributed by atoms with Gasteiger partial charge in [-0.05, 0) is 37.6 Å². The van der Waals surface area contributed by atoms with Crippen molar-refractivity contribution in [2.75, 3.05) is 25.0 Å². The summed E-state index contributed by atoms with van der Waals surface area (Å²) >= 11 is 0. The van der Waals surface area contributed by atoms with Crippen LogP contribution in [0.15, 0.2) is 36.7 Å². The number of amides is 2. The van der Waals surface area contributed by atoms with Crippen LogP contribution >= 0.6 is 0 Å². The molecule has 0 radical (unpaired) electrons. The molecule has 1 aliphatic heterocycles. The van der Waals surface area contributed by atoms with Gasteiger partial charge in [0.25, 0.3) is 0 Å². The fraction of sp³-hybridized carbons (Fsp3) is 0.412. The van der Waals surface area contributed by atoms with Gasteiger partial charge in [-0.3, -0.25) is 0 Å². The second kappa shape index (κ2) is 7.36. The van der Waals surface area contributed by atoms with Crippen LogP contribution in [0.3, 0.4) is 0 Å². The first kappa shape index (κ1) is 18.2. The van der Waals surface area contributed by atoms with Crippen LogP contribution < -0.4 is 5.32 Å². The molecule has 1 aliphatic rings. The number of carbonyl (C=O) groups is 1. The summed E-state index contributed by atoms with van der Waals surface area (Å²) in [5, 5.41) is 6.64. The van der Waals surface area contributed by atoms with Crippen LogP contribution in [-0.2, 0) is 10.9 Å². The third-order valence-corrected chi connectivity index (χ3v) is 4.06. The predicted molar refractivity (Wildman–Crippen MR) is 89.2 cm³/mol. The van der Waals surface area contributed by atoms with E-state index in [9.17, 15) is 18.0 Å². The fourth-order valence-corrected chi connectivity index (χ4v) is 2.80. The molecule has 1 saturated heterocycles. The smallest absolute Gasteiger partial charge is 0.377 e. The summed E-state index contributed by atoms with van der Waals surface area (Å²) in [4.78, 5) is 14.1. The minimum absolute atomic E-state index is 0.0475. The summed E-state index contributed by atoms with van der Waals surface area (Å²) in [7, 11) is 0. The molecule has 1 aromatic carbocycles. The van der Waals surface area contributed by atoms with Crippen molar-refractivity contribution < 1.29 is 22.7 Å². The zero-order valence-electron chi connectivity index (χ0n) is 14.2. The third-order valence-electron chi connectivity index (χ3n) is 4.06. The fourth-order valence-electron chi connectivity index (χ4n) is 2.80. The number of aromatic nitrogens is 2. The lowest BCUT2D eigenvalue weighted by molar-refractivity contribution is -0.137. The molecule has 1 fully saturated rings. The Morgan fingerprint density at radius 3 is 2.88 bits per heavy atom. The number of ether oxygens (including phenoxy) is 1. The lowest BCUT2D eigenvalue weighted by atomic mass is 10.1. The van der Waals surface area contributed by atoms with E-state index in [1.165, 1.54) is 16.9 Å². The Balaban J connectivity index is 1.90. The summed E-state index contributed by atoms with van der Waals surface area (Å²) in [6.07, 6.45) is -0.855. The van der Waals surface area contributed by atoms with Gasteiger partial charge >= 0.3 is 12.2 Å². The van der Waals surface area contributed by atoms with E-state index in [0.29, 0.717) is 31.8 Å². The van der Waals surface area contributed by atoms with E-state index in [2.05, 4.69) is 10.4 Å². The lowest BCUT2D eigenvalue weighted by Crippen LogP contribution is -2.39. The van der Waals surface area contributed by atoms with E-state index in [1.54, 1.807) is 17.2 Å². The Morgan fingerprint density at radius 2 is 2.19 bits per heavy atom. The minimum atomic E-state index is -4.51. The number of carbonyl (C=O) groups excluding carboxylic acids is 1. The number of benzene rings is 1. The van der Waals surface area contributed by atoms with Gasteiger partial charge in [0.1, 0.15) is 0 Å². The normalized spacial score (nSPS) is 18.5. The lowest BCUT2D eigenvalue weighted by Gasteiger charge is -2.23. The molecule has 3 rings (SSSR count). The second-order valence-corrected chi connectivity index (χ2v) is 6.09. The topological polar surface area (TPSA) is 59.4 Å². The van der Waals surface area contributed by atoms with Crippen molar-refractivity contribution >= 4 is 11.7 Å². The molecule has 1 unspecified atom stereocenters. The highest BCUT2D eigenvalue weighted by Gasteiger charge is 2.31. The maximum Gasteiger partial charge on any atom is 0.416 e. The number of rotatable bonds is 2. The van der Waals surface area contributed by atoms with Crippen LogP contribution in [0.25, 0.3) is 5.69 Å². The summed E-state index contributed by atoms with van der Waals surface area (Å²) in [5.74, 6) is 0. The monoisotopic (exact) mass is 368 g/mol. The molecule has 140 valence electrons. The molecular formula is C17H19F3N4O2. The van der Waals surface area contributed by atoms with Gasteiger partial charge in [0.15, 0.2) is 0 Å². The molecule has 0 aliphatic carbocycles. The number of nitrogens with zero attached hydrogens (tertiary/aromatic N) is 3. The van der Waals surface area contributed by atoms with Crippen molar-refractivity contribution in [3.8, 4) is 5.69 Å². The van der Waals surface area contributed by atoms with Crippen LogP contribution in [0, 0.1) is 0 Å². The Labute approximate surface area is 148 Å². The van der Waals surface area contributed by atoms with Crippen LogP contribution in [0.5, 0.6) is 0 Å². The maximum atomic E-state index is 13.1. The molecule has 6 nitrogen and oxygen atoms in total. The molecule has 0 saturated carbocycles. The van der Waals surface area contributed by atoms with E-state index in [4.69, 9.17) is 4.74 Å². The average Bonchev–Trinajstić information content (AvgIpc) is 3.02. The molecular weight excluding hydrogens is 349 g/mol. The Hall–Kier alpha value is -2.55. The predicted octanol–water partition coefficient (Wildman–Crippen LogP) is 3.53. The average molecular weight is 368 g/mol. The van der Waals surface area contributed by atoms with Crippen molar-refractivity contribution in [1.29, 1.82) is 0 Å². The number of halogens is 3. The minimum Gasteiger partial charge on any atom is -0.377 e. The quantitative estimate of drug-likeness (QED) is 0.882. The van der Waals surface area contributed by atoms with Gasteiger partial charge in [-0.2, -0.15) is 18.3 Å². The Bertz CT molecular complexity index is 762. The standard InChI is InChI=1S/C17H19F3N4O2/c1-12-11-23(7-3-9-26-12)16(25)22-14-10-13(17(18,19)20)4-5-15(14)24-8-2-6-21-24/h2,4-6,8,10,12H,3,7,9,11H2,1H3,(H,22,25). The zero-order valence-corrected chi connectivity index (χ0v) is 14.2. The van der Waals surface area contributed by atoms with Crippen LogP contribution in [-0.4, -0.2) is 46.5 Å². The van der Waals surface area contributed by atoms with E-state index < -0.39 is 17.8 Å². The summed E-state index contributed by atoms with van der Waals surface area (Å²) < 4.78 is 46.1. The zero-order chi connectivity index (χ0) is 18.7. The van der Waals surface area contributed by atoms with Gasteiger partial charge in [-0.15, -0.1) is 0 Å². The summed E-state index contributed by atoms with van der Waals surface area (Å²) in [5.41, 5.74) is -0.432. The van der Waals surface area contributed by atoms with Crippen molar-refractivity contribution in [2.45, 2.75) is 25.6 Å². The van der Waals surface area contributed by atoms with Crippen molar-refractivity contribution in [3.05, 3.63) is 42.2 Å². The number of nitrogens with one attached hydrogen (secondary N) is 1. The number of alkyl halides is 3. The molecule has 0 spiro atoms. The van der Waals surface area contributed by atoms with Gasteiger partial charge in [-0.25, -0.2) is 9.48 Å². The van der Waals surface area contributed by atoms with Gasteiger partial charge in [-0.1, -0.05) is 0 Å². The van der Waals surface area contributed by atoms with Gasteiger partial charge in [0, 0.05) is 32.1 Å². The molecule has 2 aromatic rings. The van der Waals surface area contributed by atoms with Gasteiger partial charge in [0.05, 0.1) is 23.0 Å². The molecule has 1 aromatic heterocycles. The highest BCUT2D eigenvalue weighted by molar-refractivity contribution is 5.91. The van der Waals surface area contributed by atoms with Crippen molar-refractivity contribution in [1.82, 2.24) is 14.7 Å². The van der Waals surface area contributed by atoms with E-state index in [1.807, 2.05) is 6.92 Å². The Morgan fingerprint density at radius 1 is 1.38 bits per heavy atom. The Kier molecular flexibility index (Phi) is 5.17. The van der Waals surface area contributed by atoms with Crippen molar-refractivity contribution in [3.63, 3.8) is 0 Å². The van der Waals surface area contributed by atoms with Crippen LogP contribution in [0.2, 0.25) is 0 Å². The summed E-state index contributed by atoms with van der Waals surface area (Å²) in [6, 6.07) is 4.37. The first-order valence-electron chi connectivity index (χ1n) is 8.23. The van der Waals surface area contributed by atoms with Gasteiger partial charge in [0.2, 0.25) is 0 Å². The SMILES string of the molecule is CC1CN(C(=O)Nc2cc(C(F)(F)F)ccc2-n2cccn2)CCCO1. The second-order valence-electron chi connectivity index (χ2n) is 6.09. The van der Waals surface area contributed by atoms with Gasteiger partial charge < -0.3 is 15.0 Å². The van der Waals surface area contributed by atoms with E-state index in [-0.39, 0.29) is 11.8 Å². The summed E-state index contributed by atoms with van der Waals surface area (Å²) in [6.45, 7) is 3.26. The molecule has 2 heterocycles. The van der Waals surface area contributed by atoms with Crippen molar-refractivity contribution in [2.24, 2.45) is 0 Å². The molecule has 9 heteroatoms. The molecule has 0 bridgehead atoms. The number of urea groups is 1. The largest absolute Gasteiger partial charge is 0.416 e. The first-order chi connectivity index (χ1) is 12.3. The molecule has 2 amide bonds. The first-order valence-corrected chi connectivity index (χ1v) is 8.23. The molecule has 1 atom stereocenters. The highest BCUT2D eigenvalue weighted by Crippen LogP contribution is 2.33. The number of hydrogen-bond donors (Lipinski definition) is 1. The highest BCUT2D eigenvalue weighted by atomic mass is 19.4. The van der Waals surface area contributed by atoms with Crippen LogP contribution in [0.4, 0.5) is 23.7 Å². The van der Waals surface area contributed by atoms with E-state index in [0.717, 1.165) is 12.1 Å². The molecule has 1 N–H and O–H groups in total. The van der Waals surface area contributed by atoms with E-state index >= 15 is 0 Å². The molecule has 26 heavy (non-hydrogen) atoms. The number of hydrogen-bond acceptors (Lipinski definition) is 3. The maximum absolute atomic E-state index is 13.1. The third kappa shape index (κ3) is 4.16. The number of anilines is 1. The van der Waals surface area contributed by atoms with Crippen LogP contribution in [0.1, 0.15) is 18.9 Å².